The molecule has 2 N–H and O–H groups in total. The van der Waals surface area contributed by atoms with Gasteiger partial charge in [0.05, 0.1) is 32.0 Å². The van der Waals surface area contributed by atoms with Gasteiger partial charge in [0.15, 0.2) is 0 Å². The molecule has 5 heteroatoms. The molecule has 0 bridgehead atoms. The van der Waals surface area contributed by atoms with E-state index in [1.807, 2.05) is 12.1 Å². The molecule has 1 aliphatic heterocycles. The summed E-state index contributed by atoms with van der Waals surface area (Å²) >= 11 is 0. The van der Waals surface area contributed by atoms with Crippen LogP contribution in [0.15, 0.2) is 54.7 Å². The second kappa shape index (κ2) is 7.72. The molecular formula is C22H25NO4. The minimum Gasteiger partial charge on any atom is -0.497 e. The van der Waals surface area contributed by atoms with E-state index in [4.69, 9.17) is 9.47 Å². The molecule has 0 aliphatic carbocycles. The Bertz CT molecular complexity index is 902. The highest BCUT2D eigenvalue weighted by Crippen LogP contribution is 2.33. The topological polar surface area (TPSA) is 63.9 Å². The van der Waals surface area contributed by atoms with Crippen molar-refractivity contribution < 1.29 is 19.7 Å². The zero-order valence-corrected chi connectivity index (χ0v) is 15.4. The SMILES string of the molecule is COc1ccc(Cn2ccc3ccc(C4CC(O)CC(CO)O4)cc32)cc1. The summed E-state index contributed by atoms with van der Waals surface area (Å²) in [6, 6.07) is 16.5. The van der Waals surface area contributed by atoms with Crippen LogP contribution in [0.5, 0.6) is 5.75 Å². The molecule has 142 valence electrons. The van der Waals surface area contributed by atoms with Crippen LogP contribution in [0.4, 0.5) is 0 Å². The van der Waals surface area contributed by atoms with Crippen molar-refractivity contribution in [3.63, 3.8) is 0 Å². The fourth-order valence-electron chi connectivity index (χ4n) is 3.79. The summed E-state index contributed by atoms with van der Waals surface area (Å²) in [7, 11) is 1.67. The van der Waals surface area contributed by atoms with Crippen molar-refractivity contribution in [2.24, 2.45) is 0 Å². The Balaban J connectivity index is 1.60. The first kappa shape index (κ1) is 18.0. The standard InChI is InChI=1S/C22H25NO4/c1-26-19-6-2-15(3-7-19)13-23-9-8-16-4-5-17(10-21(16)23)22-12-18(25)11-20(14-24)27-22/h2-10,18,20,22,24-25H,11-14H2,1H3. The maximum atomic E-state index is 10.1. The van der Waals surface area contributed by atoms with E-state index in [-0.39, 0.29) is 18.8 Å². The summed E-state index contributed by atoms with van der Waals surface area (Å²) in [6.07, 6.45) is 2.19. The zero-order chi connectivity index (χ0) is 18.8. The van der Waals surface area contributed by atoms with E-state index in [0.717, 1.165) is 23.4 Å². The number of hydrogen-bond donors (Lipinski definition) is 2. The van der Waals surface area contributed by atoms with Gasteiger partial charge in [0.2, 0.25) is 0 Å². The third kappa shape index (κ3) is 3.86. The Kier molecular flexibility index (Phi) is 5.16. The Hall–Kier alpha value is -2.34. The normalized spacial score (nSPS) is 22.9. The van der Waals surface area contributed by atoms with Crippen molar-refractivity contribution in [3.8, 4) is 5.75 Å². The number of aliphatic hydroxyl groups excluding tert-OH is 2. The third-order valence-corrected chi connectivity index (χ3v) is 5.26. The van der Waals surface area contributed by atoms with Crippen molar-refractivity contribution in [2.45, 2.75) is 37.7 Å². The van der Waals surface area contributed by atoms with Crippen molar-refractivity contribution in [2.75, 3.05) is 13.7 Å². The van der Waals surface area contributed by atoms with E-state index < -0.39 is 6.10 Å². The van der Waals surface area contributed by atoms with Crippen molar-refractivity contribution in [1.82, 2.24) is 4.57 Å². The highest BCUT2D eigenvalue weighted by Gasteiger charge is 2.29. The Morgan fingerprint density at radius 1 is 1.11 bits per heavy atom. The first-order chi connectivity index (χ1) is 13.2. The van der Waals surface area contributed by atoms with Gasteiger partial charge in [0.25, 0.3) is 0 Å². The van der Waals surface area contributed by atoms with Crippen LogP contribution in [0.1, 0.15) is 30.1 Å². The largest absolute Gasteiger partial charge is 0.497 e. The molecule has 1 aliphatic rings. The number of nitrogens with zero attached hydrogens (tertiary/aromatic N) is 1. The van der Waals surface area contributed by atoms with Crippen LogP contribution in [-0.4, -0.2) is 40.7 Å². The minimum atomic E-state index is -0.442. The van der Waals surface area contributed by atoms with Crippen LogP contribution < -0.4 is 4.74 Å². The molecular weight excluding hydrogens is 342 g/mol. The van der Waals surface area contributed by atoms with E-state index in [1.54, 1.807) is 7.11 Å². The lowest BCUT2D eigenvalue weighted by atomic mass is 9.96. The summed E-state index contributed by atoms with van der Waals surface area (Å²) < 4.78 is 13.4. The van der Waals surface area contributed by atoms with Gasteiger partial charge in [0, 0.05) is 31.1 Å². The predicted molar refractivity (Wildman–Crippen MR) is 104 cm³/mol. The van der Waals surface area contributed by atoms with E-state index in [1.165, 1.54) is 10.9 Å². The molecule has 3 unspecified atom stereocenters. The van der Waals surface area contributed by atoms with E-state index in [0.29, 0.717) is 12.8 Å². The lowest BCUT2D eigenvalue weighted by molar-refractivity contribution is -0.113. The van der Waals surface area contributed by atoms with Gasteiger partial charge in [-0.15, -0.1) is 0 Å². The van der Waals surface area contributed by atoms with Crippen molar-refractivity contribution in [3.05, 3.63) is 65.9 Å². The Labute approximate surface area is 158 Å². The number of fused-ring (bicyclic) bond motifs is 1. The summed E-state index contributed by atoms with van der Waals surface area (Å²) in [5, 5.41) is 20.7. The van der Waals surface area contributed by atoms with Crippen LogP contribution in [0.2, 0.25) is 0 Å². The molecule has 1 aromatic heterocycles. The molecule has 0 spiro atoms. The highest BCUT2D eigenvalue weighted by atomic mass is 16.5. The van der Waals surface area contributed by atoms with Gasteiger partial charge in [-0.25, -0.2) is 0 Å². The van der Waals surface area contributed by atoms with E-state index >= 15 is 0 Å². The van der Waals surface area contributed by atoms with Gasteiger partial charge in [-0.2, -0.15) is 0 Å². The maximum absolute atomic E-state index is 10.1. The molecule has 2 heterocycles. The van der Waals surface area contributed by atoms with Gasteiger partial charge in [-0.3, -0.25) is 0 Å². The number of aliphatic hydroxyl groups is 2. The first-order valence-electron chi connectivity index (χ1n) is 9.32. The van der Waals surface area contributed by atoms with Crippen LogP contribution >= 0.6 is 0 Å². The monoisotopic (exact) mass is 367 g/mol. The number of ether oxygens (including phenoxy) is 2. The summed E-state index contributed by atoms with van der Waals surface area (Å²) in [6.45, 7) is 0.702. The third-order valence-electron chi connectivity index (χ3n) is 5.26. The smallest absolute Gasteiger partial charge is 0.118 e. The minimum absolute atomic E-state index is 0.0658. The Morgan fingerprint density at radius 3 is 2.67 bits per heavy atom. The van der Waals surface area contributed by atoms with Crippen LogP contribution in [0.3, 0.4) is 0 Å². The van der Waals surface area contributed by atoms with Gasteiger partial charge in [0.1, 0.15) is 5.75 Å². The first-order valence-corrected chi connectivity index (χ1v) is 9.32. The van der Waals surface area contributed by atoms with Crippen LogP contribution in [0.25, 0.3) is 10.9 Å². The van der Waals surface area contributed by atoms with Gasteiger partial charge in [-0.1, -0.05) is 24.3 Å². The second-order valence-corrected chi connectivity index (χ2v) is 7.16. The average Bonchev–Trinajstić information content (AvgIpc) is 3.10. The van der Waals surface area contributed by atoms with Gasteiger partial charge in [-0.05, 0) is 40.8 Å². The number of methoxy groups -OCH3 is 1. The van der Waals surface area contributed by atoms with E-state index in [2.05, 4.69) is 47.2 Å². The summed E-state index contributed by atoms with van der Waals surface area (Å²) in [4.78, 5) is 0. The number of hydrogen-bond acceptors (Lipinski definition) is 4. The molecule has 3 aromatic rings. The van der Waals surface area contributed by atoms with Crippen LogP contribution in [0, 0.1) is 0 Å². The molecule has 1 saturated heterocycles. The van der Waals surface area contributed by atoms with Crippen LogP contribution in [-0.2, 0) is 11.3 Å². The molecule has 0 saturated carbocycles. The zero-order valence-electron chi connectivity index (χ0n) is 15.4. The van der Waals surface area contributed by atoms with Gasteiger partial charge < -0.3 is 24.3 Å². The molecule has 3 atom stereocenters. The quantitative estimate of drug-likeness (QED) is 0.726. The predicted octanol–water partition coefficient (Wildman–Crippen LogP) is 3.27. The maximum Gasteiger partial charge on any atom is 0.118 e. The van der Waals surface area contributed by atoms with Crippen molar-refractivity contribution >= 4 is 10.9 Å². The molecule has 4 rings (SSSR count). The van der Waals surface area contributed by atoms with Crippen molar-refractivity contribution in [1.29, 1.82) is 0 Å². The average molecular weight is 367 g/mol. The molecule has 2 aromatic carbocycles. The number of aromatic nitrogens is 1. The second-order valence-electron chi connectivity index (χ2n) is 7.16. The lowest BCUT2D eigenvalue weighted by Crippen LogP contribution is -2.33. The number of benzene rings is 2. The highest BCUT2D eigenvalue weighted by molar-refractivity contribution is 5.81. The lowest BCUT2D eigenvalue weighted by Gasteiger charge is -2.32. The molecule has 27 heavy (non-hydrogen) atoms. The summed E-state index contributed by atoms with van der Waals surface area (Å²) in [5.74, 6) is 0.852. The molecule has 0 amide bonds. The Morgan fingerprint density at radius 2 is 1.93 bits per heavy atom. The van der Waals surface area contributed by atoms with E-state index in [9.17, 15) is 10.2 Å². The molecule has 0 radical (unpaired) electrons. The number of rotatable bonds is 5. The summed E-state index contributed by atoms with van der Waals surface area (Å²) in [5.41, 5.74) is 3.37. The fourth-order valence-corrected chi connectivity index (χ4v) is 3.79. The fraction of sp³-hybridized carbons (Fsp3) is 0.364. The van der Waals surface area contributed by atoms with Gasteiger partial charge >= 0.3 is 0 Å². The molecule has 5 nitrogen and oxygen atoms in total. The molecule has 1 fully saturated rings.